The first kappa shape index (κ1) is 18.0. The van der Waals surface area contributed by atoms with E-state index in [1.807, 2.05) is 6.07 Å². The lowest BCUT2D eigenvalue weighted by Crippen LogP contribution is -2.25. The van der Waals surface area contributed by atoms with Crippen LogP contribution in [0.4, 0.5) is 5.69 Å². The van der Waals surface area contributed by atoms with E-state index >= 15 is 0 Å². The van der Waals surface area contributed by atoms with Crippen molar-refractivity contribution in [3.63, 3.8) is 0 Å². The fraction of sp³-hybridized carbons (Fsp3) is 0.250. The van der Waals surface area contributed by atoms with Crippen molar-refractivity contribution in [3.05, 3.63) is 45.4 Å². The third kappa shape index (κ3) is 3.47. The molecular weight excluding hydrogens is 405 g/mol. The molecule has 0 aliphatic carbocycles. The zero-order chi connectivity index (χ0) is 15.9. The summed E-state index contributed by atoms with van der Waals surface area (Å²) in [6.45, 7) is 1.44. The molecule has 23 heavy (non-hydrogen) atoms. The fourth-order valence-corrected chi connectivity index (χ4v) is 3.26. The van der Waals surface area contributed by atoms with E-state index in [2.05, 4.69) is 4.90 Å². The van der Waals surface area contributed by atoms with Gasteiger partial charge < -0.3 is 20.2 Å². The zero-order valence-corrected chi connectivity index (χ0v) is 15.3. The summed E-state index contributed by atoms with van der Waals surface area (Å²) in [5, 5.41) is 29.5. The van der Waals surface area contributed by atoms with E-state index in [0.29, 0.717) is 24.4 Å². The number of anilines is 1. The Hall–Kier alpha value is -1.30. The molecule has 7 heteroatoms. The van der Waals surface area contributed by atoms with Gasteiger partial charge in [0, 0.05) is 18.8 Å². The van der Waals surface area contributed by atoms with E-state index in [4.69, 9.17) is 23.2 Å². The molecule has 0 amide bonds. The van der Waals surface area contributed by atoms with Crippen molar-refractivity contribution >= 4 is 45.9 Å². The summed E-state index contributed by atoms with van der Waals surface area (Å²) >= 11 is 12.1. The van der Waals surface area contributed by atoms with Gasteiger partial charge in [-0.1, -0.05) is 23.2 Å². The summed E-state index contributed by atoms with van der Waals surface area (Å²) in [6.07, 6.45) is 1.35. The maximum atomic E-state index is 9.76. The Kier molecular flexibility index (Phi) is 5.55. The number of rotatable bonds is 1. The largest absolute Gasteiger partial charge is 0.506 e. The topological polar surface area (TPSA) is 63.9 Å². The number of aromatic hydroxyl groups is 3. The Morgan fingerprint density at radius 2 is 1.61 bits per heavy atom. The van der Waals surface area contributed by atoms with Gasteiger partial charge in [0.1, 0.15) is 5.75 Å². The van der Waals surface area contributed by atoms with Crippen molar-refractivity contribution in [1.29, 1.82) is 0 Å². The zero-order valence-electron chi connectivity index (χ0n) is 12.1. The van der Waals surface area contributed by atoms with Crippen LogP contribution < -0.4 is 4.90 Å². The quantitative estimate of drug-likeness (QED) is 0.602. The molecule has 0 bridgehead atoms. The van der Waals surface area contributed by atoms with Crippen LogP contribution >= 0.6 is 40.2 Å². The molecule has 0 fully saturated rings. The summed E-state index contributed by atoms with van der Waals surface area (Å²) in [4.78, 5) is 2.13. The molecule has 0 radical (unpaired) electrons. The number of hydrogen-bond acceptors (Lipinski definition) is 4. The normalized spacial score (nSPS) is 13.9. The van der Waals surface area contributed by atoms with Gasteiger partial charge in [-0.3, -0.25) is 0 Å². The third-order valence-corrected chi connectivity index (χ3v) is 4.70. The Morgan fingerprint density at radius 1 is 0.913 bits per heavy atom. The summed E-state index contributed by atoms with van der Waals surface area (Å²) < 4.78 is 0. The van der Waals surface area contributed by atoms with Crippen LogP contribution in [0, 0.1) is 0 Å². The predicted molar refractivity (Wildman–Crippen MR) is 97.8 cm³/mol. The molecule has 2 aromatic rings. The minimum absolute atomic E-state index is 0. The second kappa shape index (κ2) is 7.07. The van der Waals surface area contributed by atoms with E-state index < -0.39 is 0 Å². The monoisotopic (exact) mass is 419 g/mol. The van der Waals surface area contributed by atoms with Crippen LogP contribution in [-0.2, 0) is 12.8 Å². The molecular formula is C16H16BrCl2NO3. The standard InChI is InChI=1S/C16H15Cl2NO3.BrH/c17-12-8-10(1-2-13(12)20)19-5-3-9-7-14(21)16(22)15(18)11(9)4-6-19;/h1-2,7-8,20-22H,3-6H2;1H. The van der Waals surface area contributed by atoms with Crippen LogP contribution in [-0.4, -0.2) is 28.4 Å². The molecule has 3 rings (SSSR count). The highest BCUT2D eigenvalue weighted by Gasteiger charge is 2.21. The lowest BCUT2D eigenvalue weighted by Gasteiger charge is -2.23. The molecule has 3 N–H and O–H groups in total. The number of fused-ring (bicyclic) bond motifs is 1. The van der Waals surface area contributed by atoms with Gasteiger partial charge in [-0.05, 0) is 48.2 Å². The molecule has 0 aromatic heterocycles. The highest BCUT2D eigenvalue weighted by molar-refractivity contribution is 8.93. The van der Waals surface area contributed by atoms with E-state index in [9.17, 15) is 15.3 Å². The number of halogens is 3. The number of phenols is 3. The minimum atomic E-state index is -0.262. The first-order valence-corrected chi connectivity index (χ1v) is 7.68. The predicted octanol–water partition coefficient (Wildman–Crippen LogP) is 4.29. The molecule has 0 saturated heterocycles. The lowest BCUT2D eigenvalue weighted by molar-refractivity contribution is 0.403. The molecule has 0 spiro atoms. The molecule has 124 valence electrons. The fourth-order valence-electron chi connectivity index (χ4n) is 2.77. The SMILES string of the molecule is Br.Oc1ccc(N2CCc3cc(O)c(O)c(Cl)c3CC2)cc1Cl. The number of phenolic OH excluding ortho intramolecular Hbond substituents is 3. The second-order valence-corrected chi connectivity index (χ2v) is 6.10. The van der Waals surface area contributed by atoms with Crippen molar-refractivity contribution < 1.29 is 15.3 Å². The Morgan fingerprint density at radius 3 is 2.30 bits per heavy atom. The second-order valence-electron chi connectivity index (χ2n) is 5.32. The number of hydrogen-bond donors (Lipinski definition) is 3. The van der Waals surface area contributed by atoms with Crippen LogP contribution in [0.5, 0.6) is 17.2 Å². The van der Waals surface area contributed by atoms with Crippen molar-refractivity contribution in [2.45, 2.75) is 12.8 Å². The van der Waals surface area contributed by atoms with Gasteiger partial charge in [0.15, 0.2) is 11.5 Å². The Bertz CT molecular complexity index is 740. The van der Waals surface area contributed by atoms with Crippen LogP contribution in [0.1, 0.15) is 11.1 Å². The van der Waals surface area contributed by atoms with Gasteiger partial charge in [0.05, 0.1) is 10.0 Å². The number of benzene rings is 2. The summed E-state index contributed by atoms with van der Waals surface area (Å²) in [6, 6.07) is 6.68. The van der Waals surface area contributed by atoms with Gasteiger partial charge in [-0.2, -0.15) is 0 Å². The molecule has 4 nitrogen and oxygen atoms in total. The molecule has 1 aliphatic rings. The molecule has 0 saturated carbocycles. The maximum absolute atomic E-state index is 9.76. The summed E-state index contributed by atoms with van der Waals surface area (Å²) in [7, 11) is 0. The molecule has 2 aromatic carbocycles. The first-order chi connectivity index (χ1) is 10.5. The molecule has 1 aliphatic heterocycles. The molecule has 1 heterocycles. The van der Waals surface area contributed by atoms with Crippen LogP contribution in [0.15, 0.2) is 24.3 Å². The van der Waals surface area contributed by atoms with Gasteiger partial charge >= 0.3 is 0 Å². The van der Waals surface area contributed by atoms with E-state index in [0.717, 1.165) is 23.4 Å². The van der Waals surface area contributed by atoms with Crippen LogP contribution in [0.3, 0.4) is 0 Å². The van der Waals surface area contributed by atoms with Crippen molar-refractivity contribution in [2.75, 3.05) is 18.0 Å². The van der Waals surface area contributed by atoms with Gasteiger partial charge in [0.25, 0.3) is 0 Å². The maximum Gasteiger partial charge on any atom is 0.176 e. The third-order valence-electron chi connectivity index (χ3n) is 3.99. The van der Waals surface area contributed by atoms with Gasteiger partial charge in [-0.15, -0.1) is 17.0 Å². The summed E-state index contributed by atoms with van der Waals surface area (Å²) in [5.41, 5.74) is 2.72. The highest BCUT2D eigenvalue weighted by Crippen LogP contribution is 2.39. The van der Waals surface area contributed by atoms with Crippen molar-refractivity contribution in [2.24, 2.45) is 0 Å². The average molecular weight is 421 g/mol. The smallest absolute Gasteiger partial charge is 0.176 e. The van der Waals surface area contributed by atoms with Gasteiger partial charge in [0.2, 0.25) is 0 Å². The van der Waals surface area contributed by atoms with Crippen molar-refractivity contribution in [1.82, 2.24) is 0 Å². The number of nitrogens with zero attached hydrogens (tertiary/aromatic N) is 1. The van der Waals surface area contributed by atoms with E-state index in [-0.39, 0.29) is 39.3 Å². The first-order valence-electron chi connectivity index (χ1n) is 6.93. The van der Waals surface area contributed by atoms with E-state index in [1.54, 1.807) is 18.2 Å². The Balaban J connectivity index is 0.00000192. The van der Waals surface area contributed by atoms with Crippen LogP contribution in [0.25, 0.3) is 0 Å². The lowest BCUT2D eigenvalue weighted by atomic mass is 10.0. The summed E-state index contributed by atoms with van der Waals surface area (Å²) in [5.74, 6) is -0.396. The average Bonchev–Trinajstić information content (AvgIpc) is 2.70. The van der Waals surface area contributed by atoms with Crippen molar-refractivity contribution in [3.8, 4) is 17.2 Å². The molecule has 0 atom stereocenters. The highest BCUT2D eigenvalue weighted by atomic mass is 79.9. The molecule has 0 unspecified atom stereocenters. The minimum Gasteiger partial charge on any atom is -0.506 e. The van der Waals surface area contributed by atoms with Gasteiger partial charge in [-0.25, -0.2) is 0 Å². The Labute approximate surface area is 154 Å². The van der Waals surface area contributed by atoms with E-state index in [1.165, 1.54) is 0 Å². The van der Waals surface area contributed by atoms with Crippen LogP contribution in [0.2, 0.25) is 10.0 Å².